The first-order valence-corrected chi connectivity index (χ1v) is 13.4. The molecule has 202 valence electrons. The van der Waals surface area contributed by atoms with Crippen molar-refractivity contribution in [3.05, 3.63) is 29.8 Å². The summed E-state index contributed by atoms with van der Waals surface area (Å²) >= 11 is 0. The zero-order chi connectivity index (χ0) is 26.1. The Morgan fingerprint density at radius 1 is 1.25 bits per heavy atom. The highest BCUT2D eigenvalue weighted by Gasteiger charge is 2.58. The molecule has 0 radical (unpaired) electrons. The molecular weight excluding hydrogens is 505 g/mol. The number of halogens is 3. The lowest BCUT2D eigenvalue weighted by molar-refractivity contribution is -0.229. The summed E-state index contributed by atoms with van der Waals surface area (Å²) in [4.78, 5) is 12.5. The second-order valence-electron chi connectivity index (χ2n) is 9.72. The second kappa shape index (κ2) is 10.3. The van der Waals surface area contributed by atoms with Gasteiger partial charge in [0.25, 0.3) is 0 Å². The largest absolute Gasteiger partial charge is 0.497 e. The normalized spacial score (nSPS) is 25.2. The Hall–Kier alpha value is -2.09. The van der Waals surface area contributed by atoms with Crippen LogP contribution in [0.2, 0.25) is 0 Å². The molecule has 1 spiro atoms. The van der Waals surface area contributed by atoms with Crippen LogP contribution >= 0.6 is 0 Å². The van der Waals surface area contributed by atoms with Crippen LogP contribution in [0.4, 0.5) is 18.0 Å². The number of carboxylic acid groups (broad SMARTS) is 1. The van der Waals surface area contributed by atoms with Crippen molar-refractivity contribution in [2.24, 2.45) is 5.92 Å². The fraction of sp³-hybridized carbons (Fsp3) is 0.696. The molecule has 36 heavy (non-hydrogen) atoms. The molecular formula is C23H31F3N2O7S. The average molecular weight is 537 g/mol. The van der Waals surface area contributed by atoms with Crippen molar-refractivity contribution in [3.8, 4) is 5.75 Å². The number of sulfonamides is 1. The van der Waals surface area contributed by atoms with Gasteiger partial charge in [0.1, 0.15) is 11.7 Å². The molecule has 1 aromatic carbocycles. The summed E-state index contributed by atoms with van der Waals surface area (Å²) in [6, 6.07) is 5.63. The topological polar surface area (TPSA) is 114 Å². The molecule has 1 aromatic rings. The third-order valence-electron chi connectivity index (χ3n) is 7.14. The Morgan fingerprint density at radius 2 is 1.89 bits per heavy atom. The fourth-order valence-corrected chi connectivity index (χ4v) is 6.51. The van der Waals surface area contributed by atoms with Gasteiger partial charge in [-0.15, -0.1) is 0 Å². The van der Waals surface area contributed by atoms with Crippen LogP contribution in [0.5, 0.6) is 5.75 Å². The number of likely N-dealkylation sites (tertiary alicyclic amines) is 1. The molecule has 13 heteroatoms. The average Bonchev–Trinajstić information content (AvgIpc) is 3.62. The number of nitrogens with zero attached hydrogens (tertiary/aromatic N) is 1. The van der Waals surface area contributed by atoms with Crippen LogP contribution in [0.3, 0.4) is 0 Å². The summed E-state index contributed by atoms with van der Waals surface area (Å²) < 4.78 is 87.1. The van der Waals surface area contributed by atoms with E-state index in [1.807, 2.05) is 0 Å². The smallest absolute Gasteiger partial charge is 0.407 e. The fourth-order valence-electron chi connectivity index (χ4n) is 4.92. The summed E-state index contributed by atoms with van der Waals surface area (Å²) in [5.41, 5.74) is -0.375. The van der Waals surface area contributed by atoms with Gasteiger partial charge in [0, 0.05) is 13.1 Å². The van der Waals surface area contributed by atoms with Gasteiger partial charge in [-0.25, -0.2) is 17.9 Å². The minimum absolute atomic E-state index is 0.0438. The second-order valence-corrected chi connectivity index (χ2v) is 11.7. The van der Waals surface area contributed by atoms with E-state index in [2.05, 4.69) is 4.72 Å². The molecule has 1 aliphatic carbocycles. The van der Waals surface area contributed by atoms with E-state index in [1.54, 1.807) is 24.3 Å². The van der Waals surface area contributed by atoms with Crippen LogP contribution in [0.1, 0.15) is 37.7 Å². The van der Waals surface area contributed by atoms with E-state index in [1.165, 1.54) is 12.0 Å². The molecule has 3 atom stereocenters. The van der Waals surface area contributed by atoms with Crippen LogP contribution in [-0.2, 0) is 26.1 Å². The number of benzene rings is 1. The molecule has 3 aliphatic rings. The molecule has 2 heterocycles. The highest BCUT2D eigenvalue weighted by molar-refractivity contribution is 7.90. The first kappa shape index (κ1) is 27.0. The molecule has 3 fully saturated rings. The molecule has 0 aromatic heterocycles. The lowest BCUT2D eigenvalue weighted by Gasteiger charge is -2.38. The Bertz CT molecular complexity index is 1020. The molecule has 9 nitrogen and oxygen atoms in total. The van der Waals surface area contributed by atoms with Gasteiger partial charge in [-0.1, -0.05) is 12.1 Å². The minimum atomic E-state index is -4.71. The first-order valence-electron chi connectivity index (χ1n) is 11.9. The number of alkyl halides is 3. The predicted octanol–water partition coefficient (Wildman–Crippen LogP) is 3.14. The van der Waals surface area contributed by atoms with Gasteiger partial charge in [-0.3, -0.25) is 0 Å². The number of piperidine rings is 1. The molecule has 1 amide bonds. The molecule has 0 bridgehead atoms. The number of ether oxygens (including phenoxy) is 3. The summed E-state index contributed by atoms with van der Waals surface area (Å²) in [5, 5.41) is 8.63. The van der Waals surface area contributed by atoms with Crippen molar-refractivity contribution < 1.29 is 45.7 Å². The molecule has 2 N–H and O–H groups in total. The maximum absolute atomic E-state index is 14.3. The van der Waals surface area contributed by atoms with Crippen LogP contribution < -0.4 is 9.46 Å². The molecule has 2 unspecified atom stereocenters. The zero-order valence-corrected chi connectivity index (χ0v) is 20.7. The summed E-state index contributed by atoms with van der Waals surface area (Å²) in [6.45, 7) is -0.566. The summed E-state index contributed by atoms with van der Waals surface area (Å²) in [6.07, 6.45) is -5.94. The summed E-state index contributed by atoms with van der Waals surface area (Å²) in [7, 11) is -2.28. The molecule has 1 saturated carbocycles. The van der Waals surface area contributed by atoms with Crippen molar-refractivity contribution >= 4 is 16.1 Å². The Balaban J connectivity index is 1.50. The van der Waals surface area contributed by atoms with E-state index >= 15 is 0 Å². The van der Waals surface area contributed by atoms with Gasteiger partial charge in [0.15, 0.2) is 0 Å². The van der Waals surface area contributed by atoms with Crippen molar-refractivity contribution in [3.63, 3.8) is 0 Å². The van der Waals surface area contributed by atoms with E-state index in [0.29, 0.717) is 24.2 Å². The third kappa shape index (κ3) is 6.24. The van der Waals surface area contributed by atoms with Gasteiger partial charge in [0.05, 0.1) is 43.3 Å². The van der Waals surface area contributed by atoms with Crippen molar-refractivity contribution in [2.75, 3.05) is 26.8 Å². The number of carbonyl (C=O) groups is 1. The van der Waals surface area contributed by atoms with Gasteiger partial charge in [-0.2, -0.15) is 13.2 Å². The molecule has 2 saturated heterocycles. The quantitative estimate of drug-likeness (QED) is 0.498. The van der Waals surface area contributed by atoms with Gasteiger partial charge in [-0.05, 0) is 49.8 Å². The highest BCUT2D eigenvalue weighted by atomic mass is 32.2. The van der Waals surface area contributed by atoms with E-state index < -0.39 is 57.8 Å². The van der Waals surface area contributed by atoms with Crippen molar-refractivity contribution in [2.45, 2.75) is 67.9 Å². The third-order valence-corrected chi connectivity index (χ3v) is 9.12. The van der Waals surface area contributed by atoms with Crippen LogP contribution in [-0.4, -0.2) is 80.5 Å². The van der Waals surface area contributed by atoms with E-state index in [4.69, 9.17) is 14.2 Å². The van der Waals surface area contributed by atoms with Crippen LogP contribution in [0, 0.1) is 5.92 Å². The number of hydrogen-bond acceptors (Lipinski definition) is 6. The van der Waals surface area contributed by atoms with Crippen molar-refractivity contribution in [1.82, 2.24) is 9.62 Å². The van der Waals surface area contributed by atoms with E-state index in [-0.39, 0.29) is 39.0 Å². The standard InChI is InChI=1S/C23H31F3N2O7S/c1-33-16-4-2-15(3-5-16)13-34-14-18(23(24,25)26)20-19(27-36(31,32)17-6-7-17)12-22(35-20)8-10-28(11-9-22)21(29)30/h2-5,17-20,27H,6-14H2,1H3,(H,29,30)/t18?,19?,20-/m1/s1. The SMILES string of the molecule is COc1ccc(COCC([C@H]2OC3(CCN(C(=O)O)CC3)CC2NS(=O)(=O)C2CC2)C(F)(F)F)cc1. The number of methoxy groups -OCH3 is 1. The van der Waals surface area contributed by atoms with E-state index in [9.17, 15) is 31.5 Å². The Labute approximate surface area is 207 Å². The minimum Gasteiger partial charge on any atom is -0.497 e. The maximum atomic E-state index is 14.3. The monoisotopic (exact) mass is 536 g/mol. The number of nitrogens with one attached hydrogen (secondary N) is 1. The molecule has 4 rings (SSSR count). The lowest BCUT2D eigenvalue weighted by atomic mass is 9.86. The van der Waals surface area contributed by atoms with Gasteiger partial charge in [0.2, 0.25) is 10.0 Å². The Kier molecular flexibility index (Phi) is 7.75. The van der Waals surface area contributed by atoms with Crippen molar-refractivity contribution in [1.29, 1.82) is 0 Å². The number of amides is 1. The highest BCUT2D eigenvalue weighted by Crippen LogP contribution is 2.45. The van der Waals surface area contributed by atoms with Crippen LogP contribution in [0.15, 0.2) is 24.3 Å². The number of rotatable bonds is 9. The van der Waals surface area contributed by atoms with Gasteiger partial charge < -0.3 is 24.2 Å². The lowest BCUT2D eigenvalue weighted by Crippen LogP contribution is -2.50. The zero-order valence-electron chi connectivity index (χ0n) is 19.9. The Morgan fingerprint density at radius 3 is 2.42 bits per heavy atom. The summed E-state index contributed by atoms with van der Waals surface area (Å²) in [5.74, 6) is -1.46. The van der Waals surface area contributed by atoms with Crippen LogP contribution in [0.25, 0.3) is 0 Å². The molecule has 2 aliphatic heterocycles. The van der Waals surface area contributed by atoms with E-state index in [0.717, 1.165) is 0 Å². The first-order chi connectivity index (χ1) is 16.9. The maximum Gasteiger partial charge on any atom is 0.407 e. The predicted molar refractivity (Wildman–Crippen MR) is 122 cm³/mol. The van der Waals surface area contributed by atoms with Gasteiger partial charge >= 0.3 is 12.3 Å². The number of hydrogen-bond donors (Lipinski definition) is 2.